The third kappa shape index (κ3) is 2.05. The van der Waals surface area contributed by atoms with Crippen LogP contribution in [0.2, 0.25) is 0 Å². The van der Waals surface area contributed by atoms with Gasteiger partial charge in [-0.05, 0) is 0 Å². The van der Waals surface area contributed by atoms with Gasteiger partial charge in [-0.15, -0.1) is 0 Å². The minimum atomic E-state index is -2.63. The first-order valence-electron chi connectivity index (χ1n) is 6.31. The summed E-state index contributed by atoms with van der Waals surface area (Å²) in [5.74, 6) is 0. The average molecular weight is 488 g/mol. The van der Waals surface area contributed by atoms with E-state index in [2.05, 4.69) is 64.0 Å². The van der Waals surface area contributed by atoms with Gasteiger partial charge in [-0.25, -0.2) is 0 Å². The third-order valence-corrected chi connectivity index (χ3v) is 18.0. The maximum absolute atomic E-state index is 6.55. The van der Waals surface area contributed by atoms with Crippen molar-refractivity contribution in [3.63, 3.8) is 0 Å². The fourth-order valence-electron chi connectivity index (χ4n) is 2.89. The van der Waals surface area contributed by atoms with Crippen LogP contribution in [0.1, 0.15) is 32.1 Å². The Morgan fingerprint density at radius 2 is 1.78 bits per heavy atom. The Balaban J connectivity index is 1.93. The van der Waals surface area contributed by atoms with Crippen LogP contribution in [0.4, 0.5) is 0 Å². The van der Waals surface area contributed by atoms with Gasteiger partial charge in [0.1, 0.15) is 0 Å². The molecular weight excluding hydrogens is 472 g/mol. The van der Waals surface area contributed by atoms with Gasteiger partial charge in [-0.1, -0.05) is 0 Å². The van der Waals surface area contributed by atoms with Crippen molar-refractivity contribution in [3.05, 3.63) is 38.9 Å². The second-order valence-electron chi connectivity index (χ2n) is 4.91. The van der Waals surface area contributed by atoms with E-state index in [1.807, 2.05) is 0 Å². The summed E-state index contributed by atoms with van der Waals surface area (Å²) in [6.07, 6.45) is 6.33. The molecule has 0 amide bonds. The first-order chi connectivity index (χ1) is 8.71. The van der Waals surface area contributed by atoms with Crippen LogP contribution in [0.3, 0.4) is 0 Å². The van der Waals surface area contributed by atoms with Crippen LogP contribution in [0, 0.1) is 0 Å². The normalized spacial score (nSPS) is 36.0. The molecule has 1 saturated carbocycles. The van der Waals surface area contributed by atoms with Crippen LogP contribution in [-0.2, 0) is 3.10 Å². The van der Waals surface area contributed by atoms with Crippen LogP contribution in [0.15, 0.2) is 38.9 Å². The standard InChI is InChI=1S/C14H16Br2OTe/c15-11-13-14(9-5-2-6-10-14)17-18(13,16)12-7-3-1-4-8-12/h1,3-4,7-8,11H,2,5-6,9-10H2/b13-11+. The van der Waals surface area contributed by atoms with Crippen molar-refractivity contribution in [2.75, 3.05) is 0 Å². The summed E-state index contributed by atoms with van der Waals surface area (Å²) in [7, 11) is 0. The van der Waals surface area contributed by atoms with E-state index in [4.69, 9.17) is 3.10 Å². The number of halogens is 2. The number of hydrogen-bond acceptors (Lipinski definition) is 1. The molecule has 98 valence electrons. The van der Waals surface area contributed by atoms with Gasteiger partial charge in [-0.2, -0.15) is 0 Å². The molecule has 0 radical (unpaired) electrons. The van der Waals surface area contributed by atoms with Crippen LogP contribution < -0.4 is 3.61 Å². The summed E-state index contributed by atoms with van der Waals surface area (Å²) in [5, 5.41) is 0. The summed E-state index contributed by atoms with van der Waals surface area (Å²) in [4.78, 5) is 2.14. The summed E-state index contributed by atoms with van der Waals surface area (Å²) < 4.78 is 9.44. The second kappa shape index (κ2) is 5.22. The van der Waals surface area contributed by atoms with Crippen LogP contribution in [0.5, 0.6) is 0 Å². The summed E-state index contributed by atoms with van der Waals surface area (Å²) in [6, 6.07) is 10.7. The monoisotopic (exact) mass is 488 g/mol. The quantitative estimate of drug-likeness (QED) is 0.538. The number of rotatable bonds is 1. The van der Waals surface area contributed by atoms with E-state index in [0.29, 0.717) is 0 Å². The van der Waals surface area contributed by atoms with Crippen molar-refractivity contribution in [1.82, 2.24) is 0 Å². The van der Waals surface area contributed by atoms with Gasteiger partial charge >= 0.3 is 128 Å². The van der Waals surface area contributed by atoms with Gasteiger partial charge in [0.05, 0.1) is 0 Å². The van der Waals surface area contributed by atoms with E-state index in [-0.39, 0.29) is 5.60 Å². The van der Waals surface area contributed by atoms with Crippen LogP contribution >= 0.6 is 28.7 Å². The Hall–Kier alpha value is 0.670. The SMILES string of the molecule is Br/C=C1\C2(CCCCC2)O[Te]1(Br)c1ccccc1. The molecule has 1 heterocycles. The Labute approximate surface area is 127 Å². The molecule has 2 aliphatic rings. The van der Waals surface area contributed by atoms with Gasteiger partial charge in [0.15, 0.2) is 0 Å². The maximum atomic E-state index is 6.55. The average Bonchev–Trinajstić information content (AvgIpc) is 2.40. The van der Waals surface area contributed by atoms with Crippen molar-refractivity contribution < 1.29 is 3.10 Å². The molecule has 1 unspecified atom stereocenters. The molecule has 1 spiro atoms. The van der Waals surface area contributed by atoms with Crippen molar-refractivity contribution in [3.8, 4) is 0 Å². The molecular formula is C14H16Br2OTe. The van der Waals surface area contributed by atoms with E-state index < -0.39 is 16.4 Å². The van der Waals surface area contributed by atoms with E-state index in [1.165, 1.54) is 39.3 Å². The van der Waals surface area contributed by atoms with Gasteiger partial charge in [0.25, 0.3) is 0 Å². The molecule has 1 aliphatic carbocycles. The van der Waals surface area contributed by atoms with E-state index in [9.17, 15) is 0 Å². The third-order valence-electron chi connectivity index (χ3n) is 3.81. The topological polar surface area (TPSA) is 9.23 Å². The van der Waals surface area contributed by atoms with Gasteiger partial charge in [-0.3, -0.25) is 0 Å². The Kier molecular flexibility index (Phi) is 3.96. The predicted molar refractivity (Wildman–Crippen MR) is 84.7 cm³/mol. The molecule has 3 rings (SSSR count). The van der Waals surface area contributed by atoms with Crippen molar-refractivity contribution in [2.45, 2.75) is 37.7 Å². The molecule has 18 heavy (non-hydrogen) atoms. The van der Waals surface area contributed by atoms with Crippen molar-refractivity contribution in [1.29, 1.82) is 0 Å². The molecule has 1 saturated heterocycles. The van der Waals surface area contributed by atoms with Gasteiger partial charge < -0.3 is 0 Å². The molecule has 1 aliphatic heterocycles. The first-order valence-corrected chi connectivity index (χ1v) is 15.7. The predicted octanol–water partition coefficient (Wildman–Crippen LogP) is 4.28. The summed E-state index contributed by atoms with van der Waals surface area (Å²) in [5.41, 5.74) is 0.0577. The van der Waals surface area contributed by atoms with E-state index in [1.54, 1.807) is 0 Å². The molecule has 0 N–H and O–H groups in total. The van der Waals surface area contributed by atoms with E-state index in [0.717, 1.165) is 0 Å². The number of benzene rings is 1. The minimum absolute atomic E-state index is 0.0577. The molecule has 1 aromatic carbocycles. The number of hydrogen-bond donors (Lipinski definition) is 0. The zero-order valence-corrected chi connectivity index (χ0v) is 15.6. The van der Waals surface area contributed by atoms with E-state index >= 15 is 0 Å². The van der Waals surface area contributed by atoms with Crippen molar-refractivity contribution >= 4 is 48.7 Å². The Morgan fingerprint density at radius 1 is 1.11 bits per heavy atom. The Bertz CT molecular complexity index is 468. The fourth-order valence-corrected chi connectivity index (χ4v) is 19.3. The van der Waals surface area contributed by atoms with Crippen LogP contribution in [0.25, 0.3) is 0 Å². The van der Waals surface area contributed by atoms with Crippen LogP contribution in [-0.4, -0.2) is 22.0 Å². The fraction of sp³-hybridized carbons (Fsp3) is 0.429. The molecule has 4 heteroatoms. The molecule has 1 atom stereocenters. The van der Waals surface area contributed by atoms with Crippen molar-refractivity contribution in [2.24, 2.45) is 0 Å². The molecule has 1 nitrogen and oxygen atoms in total. The molecule has 2 fully saturated rings. The summed E-state index contributed by atoms with van der Waals surface area (Å²) >= 11 is 4.94. The Morgan fingerprint density at radius 3 is 2.39 bits per heavy atom. The summed E-state index contributed by atoms with van der Waals surface area (Å²) in [6.45, 7) is 0. The molecule has 0 bridgehead atoms. The van der Waals surface area contributed by atoms with Gasteiger partial charge in [0, 0.05) is 0 Å². The molecule has 1 aromatic rings. The second-order valence-corrected chi connectivity index (χ2v) is 17.3. The van der Waals surface area contributed by atoms with Gasteiger partial charge in [0.2, 0.25) is 0 Å². The zero-order valence-electron chi connectivity index (χ0n) is 10.1. The zero-order chi connectivity index (χ0) is 12.6. The molecule has 0 aromatic heterocycles. The first kappa shape index (κ1) is 13.6.